The van der Waals surface area contributed by atoms with E-state index in [4.69, 9.17) is 9.39 Å². The Morgan fingerprint density at radius 1 is 0.830 bits per heavy atom. The molecule has 2 aliphatic carbocycles. The molecule has 47 heavy (non-hydrogen) atoms. The van der Waals surface area contributed by atoms with Gasteiger partial charge in [-0.3, -0.25) is 0 Å². The fourth-order valence-corrected chi connectivity index (χ4v) is 10.1. The summed E-state index contributed by atoms with van der Waals surface area (Å²) in [5, 5.41) is 0. The van der Waals surface area contributed by atoms with Crippen LogP contribution in [0, 0.1) is 20.8 Å². The Morgan fingerprint density at radius 3 is 1.85 bits per heavy atom. The zero-order valence-electron chi connectivity index (χ0n) is 29.2. The molecule has 2 atom stereocenters. The van der Waals surface area contributed by atoms with Gasteiger partial charge in [0.05, 0.1) is 10.9 Å². The molecule has 2 fully saturated rings. The van der Waals surface area contributed by atoms with E-state index in [0.29, 0.717) is 22.5 Å². The van der Waals surface area contributed by atoms with Crippen molar-refractivity contribution >= 4 is 16.9 Å². The van der Waals surface area contributed by atoms with Crippen LogP contribution < -0.4 is 0 Å². The van der Waals surface area contributed by atoms with Crippen molar-refractivity contribution in [2.24, 2.45) is 0 Å². The summed E-state index contributed by atoms with van der Waals surface area (Å²) >= 11 is 0. The van der Waals surface area contributed by atoms with Crippen LogP contribution in [-0.4, -0.2) is 25.7 Å². The molecule has 2 aliphatic rings. The number of benzene rings is 3. The highest BCUT2D eigenvalue weighted by Crippen LogP contribution is 2.43. The number of rotatable bonds is 13. The lowest BCUT2D eigenvalue weighted by atomic mass is 9.42. The maximum atomic E-state index is 14.8. The monoisotopic (exact) mass is 655 g/mol. The minimum Gasteiger partial charge on any atom is -0.536 e. The molecule has 0 amide bonds. The van der Waals surface area contributed by atoms with Crippen molar-refractivity contribution in [1.29, 1.82) is 0 Å². The third kappa shape index (κ3) is 8.72. The second-order valence-electron chi connectivity index (χ2n) is 13.9. The minimum absolute atomic E-state index is 0.121. The van der Waals surface area contributed by atoms with Crippen molar-refractivity contribution in [3.63, 3.8) is 0 Å². The second kappa shape index (κ2) is 16.4. The Kier molecular flexibility index (Phi) is 12.3. The molecule has 0 N–H and O–H groups in total. The second-order valence-corrected chi connectivity index (χ2v) is 15.8. The lowest BCUT2D eigenvalue weighted by molar-refractivity contribution is 0.00126. The minimum atomic E-state index is -3.94. The summed E-state index contributed by atoms with van der Waals surface area (Å²) in [6.45, 7) is 10.1. The number of sulfonamides is 1. The van der Waals surface area contributed by atoms with E-state index in [1.54, 1.807) is 4.31 Å². The van der Waals surface area contributed by atoms with Gasteiger partial charge in [-0.2, -0.15) is 4.31 Å². The van der Waals surface area contributed by atoms with Crippen molar-refractivity contribution in [2.45, 2.75) is 134 Å². The lowest BCUT2D eigenvalue weighted by Crippen LogP contribution is -2.43. The van der Waals surface area contributed by atoms with E-state index in [1.807, 2.05) is 113 Å². The number of hydrogen-bond acceptors (Lipinski definition) is 4. The van der Waals surface area contributed by atoms with Crippen LogP contribution in [0.2, 0.25) is 11.6 Å². The quantitative estimate of drug-likeness (QED) is 0.136. The predicted molar refractivity (Wildman–Crippen MR) is 194 cm³/mol. The van der Waals surface area contributed by atoms with Gasteiger partial charge in [-0.05, 0) is 74.6 Å². The zero-order valence-corrected chi connectivity index (χ0v) is 30.0. The van der Waals surface area contributed by atoms with Gasteiger partial charge in [-0.1, -0.05) is 143 Å². The Hall–Kier alpha value is -3.03. The van der Waals surface area contributed by atoms with Gasteiger partial charge in [0.2, 0.25) is 10.0 Å². The van der Waals surface area contributed by atoms with E-state index in [1.165, 1.54) is 64.2 Å². The van der Waals surface area contributed by atoms with Crippen molar-refractivity contribution in [3.05, 3.63) is 113 Å². The fraction of sp³-hybridized carbons (Fsp3) is 0.500. The molecule has 0 heterocycles. The topological polar surface area (TPSA) is 55.8 Å². The van der Waals surface area contributed by atoms with E-state index in [2.05, 4.69) is 0 Å². The van der Waals surface area contributed by atoms with E-state index in [9.17, 15) is 8.42 Å². The van der Waals surface area contributed by atoms with Crippen LogP contribution in [0.4, 0.5) is 0 Å². The summed E-state index contributed by atoms with van der Waals surface area (Å²) in [6, 6.07) is 23.2. The Balaban J connectivity index is 1.52. The Bertz CT molecular complexity index is 1520. The summed E-state index contributed by atoms with van der Waals surface area (Å²) < 4.78 is 45.2. The SMILES string of the molecule is C/C=C(/OB(C1CCCCC1)C1CCCCC1)O[C@H](c1ccccc1)[C@H](C)N(Cc1ccccc1)S(=O)(=O)c1c(C)cc(C)cc1C. The summed E-state index contributed by atoms with van der Waals surface area (Å²) in [5.74, 6) is 1.56. The number of aryl methyl sites for hydroxylation is 3. The van der Waals surface area contributed by atoms with Gasteiger partial charge < -0.3 is 9.39 Å². The first-order valence-corrected chi connectivity index (χ1v) is 19.3. The third-order valence-corrected chi connectivity index (χ3v) is 12.6. The predicted octanol–water partition coefficient (Wildman–Crippen LogP) is 10.5. The molecule has 0 aliphatic heterocycles. The third-order valence-electron chi connectivity index (χ3n) is 10.3. The highest BCUT2D eigenvalue weighted by atomic mass is 32.2. The smallest absolute Gasteiger partial charge is 0.368 e. The number of allylic oxidation sites excluding steroid dienone is 1. The lowest BCUT2D eigenvalue weighted by Gasteiger charge is -2.38. The van der Waals surface area contributed by atoms with Gasteiger partial charge in [0, 0.05) is 6.54 Å². The van der Waals surface area contributed by atoms with Crippen LogP contribution in [0.5, 0.6) is 0 Å². The molecule has 5 rings (SSSR count). The largest absolute Gasteiger partial charge is 0.536 e. The van der Waals surface area contributed by atoms with E-state index in [-0.39, 0.29) is 13.5 Å². The van der Waals surface area contributed by atoms with Crippen molar-refractivity contribution in [2.75, 3.05) is 0 Å². The number of ether oxygens (including phenoxy) is 1. The highest BCUT2D eigenvalue weighted by molar-refractivity contribution is 7.89. The standard InChI is InChI=1S/C40H54BNO4S/c1-6-38(46-41(36-23-15-9-16-24-36)37-25-17-10-18-26-37)45-39(35-21-13-8-14-22-35)33(5)42(29-34-19-11-7-12-20-34)47(43,44)40-31(3)27-30(2)28-32(40)4/h6-8,11-14,19-22,27-28,33,36-37,39H,9-10,15-18,23-26,29H2,1-5H3/b38-6+/t33-,39-/m0/s1. The van der Waals surface area contributed by atoms with Gasteiger partial charge in [-0.15, -0.1) is 0 Å². The highest BCUT2D eigenvalue weighted by Gasteiger charge is 2.41. The maximum absolute atomic E-state index is 14.8. The zero-order chi connectivity index (χ0) is 33.4. The molecule has 3 aromatic rings. The molecule has 0 bridgehead atoms. The van der Waals surface area contributed by atoms with Crippen LogP contribution in [0.3, 0.4) is 0 Å². The van der Waals surface area contributed by atoms with Crippen LogP contribution in [0.1, 0.15) is 112 Å². The van der Waals surface area contributed by atoms with Crippen molar-refractivity contribution < 1.29 is 17.8 Å². The van der Waals surface area contributed by atoms with Crippen molar-refractivity contribution in [1.82, 2.24) is 4.31 Å². The molecule has 7 heteroatoms. The van der Waals surface area contributed by atoms with Crippen LogP contribution in [0.15, 0.2) is 89.7 Å². The van der Waals surface area contributed by atoms with E-state index < -0.39 is 22.2 Å². The molecule has 0 radical (unpaired) electrons. The first-order chi connectivity index (χ1) is 22.7. The summed E-state index contributed by atoms with van der Waals surface area (Å²) in [6.07, 6.45) is 13.8. The van der Waals surface area contributed by atoms with E-state index in [0.717, 1.165) is 27.8 Å². The van der Waals surface area contributed by atoms with Gasteiger partial charge in [0.15, 0.2) is 0 Å². The van der Waals surface area contributed by atoms with Gasteiger partial charge in [0.25, 0.3) is 5.95 Å². The van der Waals surface area contributed by atoms with Gasteiger partial charge >= 0.3 is 6.92 Å². The Labute approximate surface area is 284 Å². The van der Waals surface area contributed by atoms with Crippen LogP contribution >= 0.6 is 0 Å². The molecular weight excluding hydrogens is 601 g/mol. The number of nitrogens with zero attached hydrogens (tertiary/aromatic N) is 1. The molecular formula is C40H54BNO4S. The average molecular weight is 656 g/mol. The maximum Gasteiger partial charge on any atom is 0.368 e. The molecule has 0 aromatic heterocycles. The normalized spacial score (nSPS) is 18.1. The summed E-state index contributed by atoms with van der Waals surface area (Å²) in [7, 11) is -3.94. The van der Waals surface area contributed by atoms with Gasteiger partial charge in [0.1, 0.15) is 6.10 Å². The summed E-state index contributed by atoms with van der Waals surface area (Å²) in [4.78, 5) is 0.370. The van der Waals surface area contributed by atoms with E-state index >= 15 is 0 Å². The molecule has 2 saturated carbocycles. The molecule has 3 aromatic carbocycles. The number of hydrogen-bond donors (Lipinski definition) is 0. The van der Waals surface area contributed by atoms with Crippen molar-refractivity contribution in [3.8, 4) is 0 Å². The molecule has 0 spiro atoms. The summed E-state index contributed by atoms with van der Waals surface area (Å²) in [5.41, 5.74) is 4.40. The molecule has 0 saturated heterocycles. The van der Waals surface area contributed by atoms with Crippen LogP contribution in [-0.2, 0) is 26.0 Å². The molecule has 0 unspecified atom stereocenters. The Morgan fingerprint density at radius 2 is 1.34 bits per heavy atom. The molecule has 252 valence electrons. The molecule has 5 nitrogen and oxygen atoms in total. The fourth-order valence-electron chi connectivity index (χ4n) is 8.07. The average Bonchev–Trinajstić information content (AvgIpc) is 3.08. The first-order valence-electron chi connectivity index (χ1n) is 17.9. The first kappa shape index (κ1) is 35.3. The van der Waals surface area contributed by atoms with Crippen LogP contribution in [0.25, 0.3) is 0 Å². The van der Waals surface area contributed by atoms with Gasteiger partial charge in [-0.25, -0.2) is 8.42 Å².